The third-order valence-electron chi connectivity index (χ3n) is 2.88. The Morgan fingerprint density at radius 2 is 2.20 bits per heavy atom. The molecule has 1 N–H and O–H groups in total. The van der Waals surface area contributed by atoms with Gasteiger partial charge in [0.1, 0.15) is 5.75 Å². The van der Waals surface area contributed by atoms with E-state index >= 15 is 0 Å². The van der Waals surface area contributed by atoms with Crippen molar-refractivity contribution in [1.82, 2.24) is 5.32 Å². The molecule has 0 amide bonds. The highest BCUT2D eigenvalue weighted by atomic mass is 32.2. The van der Waals surface area contributed by atoms with Crippen molar-refractivity contribution in [2.45, 2.75) is 23.1 Å². The third-order valence-corrected chi connectivity index (χ3v) is 4.67. The molecule has 3 atom stereocenters. The third kappa shape index (κ3) is 1.48. The summed E-state index contributed by atoms with van der Waals surface area (Å²) in [7, 11) is 2.54. The molecule has 2 rings (SSSR count). The number of fused-ring (bicyclic) bond motifs is 1. The number of ether oxygens (including phenoxy) is 1. The average Bonchev–Trinajstić information content (AvgIpc) is 2.51. The lowest BCUT2D eigenvalue weighted by molar-refractivity contribution is 0.403. The van der Waals surface area contributed by atoms with E-state index in [4.69, 9.17) is 4.74 Å². The van der Waals surface area contributed by atoms with Crippen LogP contribution in [0.5, 0.6) is 5.75 Å². The first-order chi connectivity index (χ1) is 7.20. The summed E-state index contributed by atoms with van der Waals surface area (Å²) < 4.78 is 17.4. The molecule has 1 heterocycles. The molecule has 1 aliphatic rings. The lowest BCUT2D eigenvalue weighted by Gasteiger charge is -2.13. The molecule has 0 fully saturated rings. The molecule has 3 nitrogen and oxygen atoms in total. The van der Waals surface area contributed by atoms with Crippen LogP contribution in [0.1, 0.15) is 18.5 Å². The first kappa shape index (κ1) is 10.6. The minimum Gasteiger partial charge on any atom is -0.495 e. The highest BCUT2D eigenvalue weighted by molar-refractivity contribution is 7.86. The molecule has 82 valence electrons. The van der Waals surface area contributed by atoms with Gasteiger partial charge in [-0.25, -0.2) is 0 Å². The summed E-state index contributed by atoms with van der Waals surface area (Å²) in [5.41, 5.74) is 1.10. The van der Waals surface area contributed by atoms with Crippen molar-refractivity contribution in [3.8, 4) is 5.75 Å². The van der Waals surface area contributed by atoms with Crippen molar-refractivity contribution in [2.24, 2.45) is 0 Å². The molecule has 0 spiro atoms. The Kier molecular flexibility index (Phi) is 2.80. The summed E-state index contributed by atoms with van der Waals surface area (Å²) in [6, 6.07) is 5.98. The molecule has 15 heavy (non-hydrogen) atoms. The van der Waals surface area contributed by atoms with E-state index in [0.717, 1.165) is 16.2 Å². The van der Waals surface area contributed by atoms with Gasteiger partial charge in [0.25, 0.3) is 0 Å². The van der Waals surface area contributed by atoms with Gasteiger partial charge in [-0.05, 0) is 25.6 Å². The second-order valence-corrected chi connectivity index (χ2v) is 5.39. The molecule has 0 radical (unpaired) electrons. The topological polar surface area (TPSA) is 38.3 Å². The maximum absolute atomic E-state index is 12.1. The van der Waals surface area contributed by atoms with Gasteiger partial charge in [-0.3, -0.25) is 4.21 Å². The summed E-state index contributed by atoms with van der Waals surface area (Å²) in [5.74, 6) is 0.732. The zero-order valence-corrected chi connectivity index (χ0v) is 9.93. The number of methoxy groups -OCH3 is 1. The monoisotopic (exact) mass is 225 g/mol. The fourth-order valence-electron chi connectivity index (χ4n) is 2.11. The maximum atomic E-state index is 12.1. The van der Waals surface area contributed by atoms with Crippen molar-refractivity contribution < 1.29 is 8.95 Å². The normalized spacial score (nSPS) is 28.9. The molecule has 0 saturated heterocycles. The smallest absolute Gasteiger partial charge is 0.135 e. The van der Waals surface area contributed by atoms with Crippen LogP contribution in [-0.2, 0) is 10.8 Å². The van der Waals surface area contributed by atoms with E-state index in [0.29, 0.717) is 0 Å². The van der Waals surface area contributed by atoms with Gasteiger partial charge >= 0.3 is 0 Å². The number of rotatable bonds is 2. The highest BCUT2D eigenvalue weighted by Gasteiger charge is 2.36. The number of benzene rings is 1. The van der Waals surface area contributed by atoms with Gasteiger partial charge in [0, 0.05) is 6.04 Å². The van der Waals surface area contributed by atoms with Crippen molar-refractivity contribution in [3.63, 3.8) is 0 Å². The molecule has 0 saturated carbocycles. The Balaban J connectivity index is 2.59. The average molecular weight is 225 g/mol. The number of hydrogen-bond donors (Lipinski definition) is 1. The molecule has 0 aromatic heterocycles. The minimum atomic E-state index is -0.971. The fraction of sp³-hybridized carbons (Fsp3) is 0.455. The van der Waals surface area contributed by atoms with Crippen LogP contribution in [0.4, 0.5) is 0 Å². The maximum Gasteiger partial charge on any atom is 0.135 e. The molecular weight excluding hydrogens is 210 g/mol. The molecule has 0 aliphatic carbocycles. The van der Waals surface area contributed by atoms with Gasteiger partial charge in [-0.1, -0.05) is 12.1 Å². The van der Waals surface area contributed by atoms with Crippen molar-refractivity contribution in [1.29, 1.82) is 0 Å². The van der Waals surface area contributed by atoms with Crippen LogP contribution in [0.15, 0.2) is 23.1 Å². The first-order valence-electron chi connectivity index (χ1n) is 4.95. The van der Waals surface area contributed by atoms with Crippen LogP contribution in [0.25, 0.3) is 0 Å². The van der Waals surface area contributed by atoms with E-state index in [-0.39, 0.29) is 11.3 Å². The largest absolute Gasteiger partial charge is 0.495 e. The predicted molar refractivity (Wildman–Crippen MR) is 60.7 cm³/mol. The van der Waals surface area contributed by atoms with Gasteiger partial charge in [0.2, 0.25) is 0 Å². The fourth-order valence-corrected chi connectivity index (χ4v) is 3.78. The lowest BCUT2D eigenvalue weighted by atomic mass is 10.0. The Hall–Kier alpha value is -0.870. The second kappa shape index (κ2) is 3.94. The summed E-state index contributed by atoms with van der Waals surface area (Å²) in [6.07, 6.45) is 0. The quantitative estimate of drug-likeness (QED) is 0.828. The molecule has 1 aliphatic heterocycles. The standard InChI is InChI=1S/C11H15NO2S/c1-7-10(12-2)8-5-4-6-9(14-3)11(8)15(7)13/h4-7,10,12H,1-3H3. The molecule has 3 unspecified atom stereocenters. The van der Waals surface area contributed by atoms with E-state index < -0.39 is 10.8 Å². The molecule has 1 aromatic carbocycles. The van der Waals surface area contributed by atoms with Crippen molar-refractivity contribution in [3.05, 3.63) is 23.8 Å². The van der Waals surface area contributed by atoms with Crippen LogP contribution in [0.3, 0.4) is 0 Å². The predicted octanol–water partition coefficient (Wildman–Crippen LogP) is 1.47. The summed E-state index contributed by atoms with van der Waals surface area (Å²) in [4.78, 5) is 0.854. The highest BCUT2D eigenvalue weighted by Crippen LogP contribution is 2.40. The van der Waals surface area contributed by atoms with Crippen LogP contribution >= 0.6 is 0 Å². The Morgan fingerprint density at radius 1 is 1.47 bits per heavy atom. The SMILES string of the molecule is CNC1c2cccc(OC)c2S(=O)C1C. The van der Waals surface area contributed by atoms with Gasteiger partial charge in [0.15, 0.2) is 0 Å². The molecule has 1 aromatic rings. The van der Waals surface area contributed by atoms with Gasteiger partial charge in [-0.2, -0.15) is 0 Å². The van der Waals surface area contributed by atoms with Crippen LogP contribution in [-0.4, -0.2) is 23.6 Å². The minimum absolute atomic E-state index is 0.0984. The van der Waals surface area contributed by atoms with E-state index in [9.17, 15) is 4.21 Å². The summed E-state index contributed by atoms with van der Waals surface area (Å²) in [5, 5.41) is 3.30. The Morgan fingerprint density at radius 3 is 2.80 bits per heavy atom. The zero-order chi connectivity index (χ0) is 11.0. The summed E-state index contributed by atoms with van der Waals surface area (Å²) in [6.45, 7) is 2.00. The Bertz CT molecular complexity index is 406. The second-order valence-electron chi connectivity index (χ2n) is 3.65. The van der Waals surface area contributed by atoms with E-state index in [1.54, 1.807) is 7.11 Å². The van der Waals surface area contributed by atoms with E-state index in [1.165, 1.54) is 0 Å². The van der Waals surface area contributed by atoms with Crippen LogP contribution < -0.4 is 10.1 Å². The van der Waals surface area contributed by atoms with Crippen molar-refractivity contribution in [2.75, 3.05) is 14.2 Å². The lowest BCUT2D eigenvalue weighted by Crippen LogP contribution is -2.24. The molecule has 0 bridgehead atoms. The van der Waals surface area contributed by atoms with Crippen LogP contribution in [0, 0.1) is 0 Å². The van der Waals surface area contributed by atoms with Gasteiger partial charge in [0.05, 0.1) is 28.1 Å². The number of nitrogens with one attached hydrogen (secondary N) is 1. The van der Waals surface area contributed by atoms with E-state index in [2.05, 4.69) is 5.32 Å². The number of hydrogen-bond acceptors (Lipinski definition) is 3. The first-order valence-corrected chi connectivity index (χ1v) is 6.16. The van der Waals surface area contributed by atoms with E-state index in [1.807, 2.05) is 32.2 Å². The van der Waals surface area contributed by atoms with Crippen LogP contribution in [0.2, 0.25) is 0 Å². The van der Waals surface area contributed by atoms with Crippen molar-refractivity contribution >= 4 is 10.8 Å². The van der Waals surface area contributed by atoms with Gasteiger partial charge < -0.3 is 10.1 Å². The molecule has 4 heteroatoms. The molecular formula is C11H15NO2S. The summed E-state index contributed by atoms with van der Waals surface area (Å²) >= 11 is 0. The zero-order valence-electron chi connectivity index (χ0n) is 9.11. The van der Waals surface area contributed by atoms with Gasteiger partial charge in [-0.15, -0.1) is 0 Å². The Labute approximate surface area is 92.3 Å².